The maximum Gasteiger partial charge on any atom is 0.322 e. The summed E-state index contributed by atoms with van der Waals surface area (Å²) in [4.78, 5) is 31.9. The van der Waals surface area contributed by atoms with Gasteiger partial charge in [0, 0.05) is 31.3 Å². The minimum atomic E-state index is -1.39. The monoisotopic (exact) mass is 479 g/mol. The Balaban J connectivity index is 1.84. The van der Waals surface area contributed by atoms with Crippen LogP contribution in [-0.2, 0) is 13.8 Å². The van der Waals surface area contributed by atoms with Gasteiger partial charge in [0.1, 0.15) is 6.23 Å². The van der Waals surface area contributed by atoms with Gasteiger partial charge in [-0.25, -0.2) is 14.6 Å². The summed E-state index contributed by atoms with van der Waals surface area (Å²) in [6.07, 6.45) is 4.40. The molecule has 0 aromatic carbocycles. The molecule has 0 saturated carbocycles. The van der Waals surface area contributed by atoms with Crippen LogP contribution in [0, 0.1) is 0 Å². The first-order chi connectivity index (χ1) is 15.8. The molecule has 182 valence electrons. The Morgan fingerprint density at radius 2 is 2.12 bits per heavy atom. The second kappa shape index (κ2) is 11.3. The van der Waals surface area contributed by atoms with Crippen molar-refractivity contribution in [3.05, 3.63) is 16.7 Å². The average Bonchev–Trinajstić information content (AvgIpc) is 3.31. The van der Waals surface area contributed by atoms with Gasteiger partial charge in [-0.2, -0.15) is 4.98 Å². The van der Waals surface area contributed by atoms with E-state index in [-0.39, 0.29) is 47.5 Å². The summed E-state index contributed by atoms with van der Waals surface area (Å²) in [5.41, 5.74) is 0.337. The lowest BCUT2D eigenvalue weighted by molar-refractivity contribution is -0.00381. The number of ether oxygens (including phenoxy) is 1. The van der Waals surface area contributed by atoms with Crippen LogP contribution in [0.4, 0.5) is 5.95 Å². The number of aromatic nitrogens is 4. The molecule has 3 unspecified atom stereocenters. The molecular weight excluding hydrogens is 445 g/mol. The molecule has 1 aliphatic heterocycles. The third-order valence-corrected chi connectivity index (χ3v) is 7.20. The van der Waals surface area contributed by atoms with Crippen LogP contribution in [0.5, 0.6) is 0 Å². The first-order valence-electron chi connectivity index (χ1n) is 11.3. The van der Waals surface area contributed by atoms with Crippen molar-refractivity contribution in [1.29, 1.82) is 0 Å². The van der Waals surface area contributed by atoms with Gasteiger partial charge in [-0.3, -0.25) is 19.3 Å². The van der Waals surface area contributed by atoms with Crippen molar-refractivity contribution >= 4 is 38.3 Å². The minimum Gasteiger partial charge on any atom is -0.425 e. The first kappa shape index (κ1) is 25.4. The highest BCUT2D eigenvalue weighted by atomic mass is 31.2. The molecule has 0 amide bonds. The fraction of sp³-hybridized carbons (Fsp3) is 0.667. The van der Waals surface area contributed by atoms with E-state index in [9.17, 15) is 4.79 Å². The van der Waals surface area contributed by atoms with Crippen molar-refractivity contribution in [2.45, 2.75) is 85.4 Å². The molecule has 3 heterocycles. The normalized spacial score (nSPS) is 22.7. The highest BCUT2D eigenvalue weighted by Crippen LogP contribution is 2.49. The van der Waals surface area contributed by atoms with Crippen molar-refractivity contribution in [2.75, 3.05) is 6.54 Å². The Kier molecular flexibility index (Phi) is 8.69. The van der Waals surface area contributed by atoms with Gasteiger partial charge in [-0.15, -0.1) is 0 Å². The van der Waals surface area contributed by atoms with E-state index >= 15 is 0 Å². The largest absolute Gasteiger partial charge is 0.425 e. The molecule has 1 N–H and O–H groups in total. The van der Waals surface area contributed by atoms with E-state index in [2.05, 4.69) is 57.3 Å². The summed E-state index contributed by atoms with van der Waals surface area (Å²) >= 11 is 0. The lowest BCUT2D eigenvalue weighted by Crippen LogP contribution is -2.35. The van der Waals surface area contributed by atoms with Crippen molar-refractivity contribution in [3.63, 3.8) is 0 Å². The third kappa shape index (κ3) is 5.84. The summed E-state index contributed by atoms with van der Waals surface area (Å²) in [7, 11) is -1.39. The molecule has 0 bridgehead atoms. The topological polar surface area (TPSA) is 119 Å². The molecule has 4 atom stereocenters. The van der Waals surface area contributed by atoms with E-state index in [1.165, 1.54) is 6.40 Å². The van der Waals surface area contributed by atoms with E-state index < -0.39 is 8.53 Å². The molecule has 11 nitrogen and oxygen atoms in total. The minimum absolute atomic E-state index is 0.194. The van der Waals surface area contributed by atoms with Gasteiger partial charge in [0.05, 0.1) is 18.5 Å². The van der Waals surface area contributed by atoms with E-state index in [1.807, 2.05) is 13.8 Å². The van der Waals surface area contributed by atoms with Crippen LogP contribution >= 0.6 is 8.53 Å². The van der Waals surface area contributed by atoms with Crippen LogP contribution in [0.25, 0.3) is 11.2 Å². The van der Waals surface area contributed by atoms with Gasteiger partial charge in [-0.05, 0) is 48.5 Å². The van der Waals surface area contributed by atoms with E-state index in [0.29, 0.717) is 18.6 Å². The maximum absolute atomic E-state index is 12.4. The van der Waals surface area contributed by atoms with Crippen LogP contribution in [0.1, 0.15) is 61.1 Å². The quantitative estimate of drug-likeness (QED) is 0.311. The molecule has 3 rings (SSSR count). The Bertz CT molecular complexity index is 1030. The summed E-state index contributed by atoms with van der Waals surface area (Å²) in [5.74, 6) is 0.229. The number of nitrogens with zero attached hydrogens (tertiary/aromatic N) is 6. The lowest BCUT2D eigenvalue weighted by atomic mass is 10.2. The molecule has 2 aromatic heterocycles. The van der Waals surface area contributed by atoms with Crippen LogP contribution in [0.3, 0.4) is 0 Å². The fourth-order valence-corrected chi connectivity index (χ4v) is 5.43. The molecule has 0 aliphatic carbocycles. The molecule has 1 saturated heterocycles. The summed E-state index contributed by atoms with van der Waals surface area (Å²) in [6.45, 7) is 14.8. The van der Waals surface area contributed by atoms with Gasteiger partial charge < -0.3 is 13.8 Å². The van der Waals surface area contributed by atoms with Crippen LogP contribution in [0.2, 0.25) is 0 Å². The highest BCUT2D eigenvalue weighted by Gasteiger charge is 2.40. The second-order valence-electron chi connectivity index (χ2n) is 8.29. The Morgan fingerprint density at radius 1 is 1.39 bits per heavy atom. The fourth-order valence-electron chi connectivity index (χ4n) is 3.77. The molecule has 2 aromatic rings. The number of rotatable bonds is 10. The lowest BCUT2D eigenvalue weighted by Gasteiger charge is -2.36. The zero-order chi connectivity index (χ0) is 24.1. The molecule has 0 spiro atoms. The third-order valence-electron chi connectivity index (χ3n) is 5.18. The predicted molar refractivity (Wildman–Crippen MR) is 130 cm³/mol. The Hall–Kier alpha value is -2.20. The summed E-state index contributed by atoms with van der Waals surface area (Å²) < 4.78 is 22.6. The summed E-state index contributed by atoms with van der Waals surface area (Å²) in [6, 6.07) is 0.455. The first-order valence-corrected chi connectivity index (χ1v) is 12.4. The van der Waals surface area contributed by atoms with E-state index in [1.54, 1.807) is 24.0 Å². The van der Waals surface area contributed by atoms with Crippen molar-refractivity contribution < 1.29 is 13.8 Å². The number of aliphatic imine (C=N–C) groups is 2. The van der Waals surface area contributed by atoms with Gasteiger partial charge in [0.25, 0.3) is 5.56 Å². The molecular formula is C21H34N7O4P. The molecule has 12 heteroatoms. The maximum atomic E-state index is 12.4. The van der Waals surface area contributed by atoms with Gasteiger partial charge in [-0.1, -0.05) is 0 Å². The number of hydrogen-bond acceptors (Lipinski definition) is 9. The van der Waals surface area contributed by atoms with Crippen molar-refractivity contribution in [2.24, 2.45) is 9.98 Å². The zero-order valence-corrected chi connectivity index (χ0v) is 21.2. The molecule has 1 fully saturated rings. The zero-order valence-electron chi connectivity index (χ0n) is 20.3. The predicted octanol–water partition coefficient (Wildman–Crippen LogP) is 3.94. The number of hydrogen-bond donors (Lipinski definition) is 1. The number of imidazole rings is 1. The van der Waals surface area contributed by atoms with E-state index in [4.69, 9.17) is 13.8 Å². The number of fused-ring (bicyclic) bond motifs is 1. The van der Waals surface area contributed by atoms with E-state index in [0.717, 1.165) is 0 Å². The molecule has 33 heavy (non-hydrogen) atoms. The molecule has 0 radical (unpaired) electrons. The van der Waals surface area contributed by atoms with Gasteiger partial charge >= 0.3 is 8.53 Å². The standard InChI is InChI=1S/C21H34N7O4P/c1-8-22-12-30-33(28(13(3)4)14(5)6)32-16-10-17(31-15(16)7)27-11-24-18-19(27)25-21(23-9-2)26-20(18)29/h9,11-17H,8,10H2,1-7H3,(H,25,26,29)/t15?,16-,17?,33?/m1/s1. The Morgan fingerprint density at radius 3 is 2.76 bits per heavy atom. The highest BCUT2D eigenvalue weighted by molar-refractivity contribution is 7.45. The Labute approximate surface area is 195 Å². The summed E-state index contributed by atoms with van der Waals surface area (Å²) in [5, 5.41) is 0. The SMILES string of the molecule is CC=Nc1nc2c(ncn2C2C[C@@H](OP(OC=NCC)N(C(C)C)C(C)C)C(C)O2)c(=O)[nH]1. The van der Waals surface area contributed by atoms with Crippen LogP contribution in [-0.4, -0.2) is 67.6 Å². The van der Waals surface area contributed by atoms with Gasteiger partial charge in [0.2, 0.25) is 5.95 Å². The van der Waals surface area contributed by atoms with Gasteiger partial charge in [0.15, 0.2) is 17.6 Å². The smallest absolute Gasteiger partial charge is 0.322 e. The van der Waals surface area contributed by atoms with Crippen molar-refractivity contribution in [3.8, 4) is 0 Å². The van der Waals surface area contributed by atoms with Crippen LogP contribution in [0.15, 0.2) is 21.1 Å². The number of nitrogens with one attached hydrogen (secondary N) is 1. The van der Waals surface area contributed by atoms with Crippen molar-refractivity contribution in [1.82, 2.24) is 24.2 Å². The van der Waals surface area contributed by atoms with Crippen LogP contribution < -0.4 is 5.56 Å². The number of aromatic amines is 1. The molecule has 1 aliphatic rings. The second-order valence-corrected chi connectivity index (χ2v) is 9.65. The average molecular weight is 480 g/mol. The number of H-pyrrole nitrogens is 1.